The molecule has 0 unspecified atom stereocenters. The van der Waals surface area contributed by atoms with Gasteiger partial charge < -0.3 is 10.1 Å². The molecule has 0 aliphatic heterocycles. The highest BCUT2D eigenvalue weighted by atomic mass is 79.9. The fraction of sp³-hybridized carbons (Fsp3) is 0.118. The molecule has 0 saturated heterocycles. The quantitative estimate of drug-likeness (QED) is 0.833. The summed E-state index contributed by atoms with van der Waals surface area (Å²) in [4.78, 5) is 11.9. The Kier molecular flexibility index (Phi) is 5.17. The summed E-state index contributed by atoms with van der Waals surface area (Å²) in [6.07, 6.45) is 3.29. The molecule has 0 atom stereocenters. The molecule has 0 radical (unpaired) electrons. The van der Waals surface area contributed by atoms with Gasteiger partial charge in [0.25, 0.3) is 0 Å². The number of benzene rings is 2. The van der Waals surface area contributed by atoms with Gasteiger partial charge in [0.05, 0.1) is 7.11 Å². The van der Waals surface area contributed by atoms with Gasteiger partial charge in [-0.05, 0) is 54.5 Å². The third-order valence-corrected chi connectivity index (χ3v) is 3.43. The van der Waals surface area contributed by atoms with Crippen LogP contribution in [-0.4, -0.2) is 13.0 Å². The van der Waals surface area contributed by atoms with Crippen molar-refractivity contribution < 1.29 is 9.53 Å². The second-order valence-electron chi connectivity index (χ2n) is 4.56. The van der Waals surface area contributed by atoms with Crippen molar-refractivity contribution in [1.29, 1.82) is 0 Å². The standard InChI is InChI=1S/C17H16BrNO2/c1-12-10-13(6-8-16(12)21-2)7-9-17(20)19-15-5-3-4-14(18)11-15/h3-11H,1-2H3,(H,19,20). The third-order valence-electron chi connectivity index (χ3n) is 2.94. The van der Waals surface area contributed by atoms with Crippen LogP contribution in [0.5, 0.6) is 5.75 Å². The van der Waals surface area contributed by atoms with Gasteiger partial charge in [-0.25, -0.2) is 0 Å². The van der Waals surface area contributed by atoms with E-state index in [0.29, 0.717) is 0 Å². The van der Waals surface area contributed by atoms with Crippen molar-refractivity contribution in [3.05, 3.63) is 64.1 Å². The summed E-state index contributed by atoms with van der Waals surface area (Å²) in [5.74, 6) is 0.673. The molecular formula is C17H16BrNO2. The first-order valence-electron chi connectivity index (χ1n) is 6.48. The second kappa shape index (κ2) is 7.09. The molecule has 0 bridgehead atoms. The van der Waals surface area contributed by atoms with E-state index in [-0.39, 0.29) is 5.91 Å². The molecule has 0 fully saturated rings. The van der Waals surface area contributed by atoms with Gasteiger partial charge in [-0.1, -0.05) is 28.1 Å². The van der Waals surface area contributed by atoms with Gasteiger partial charge in [-0.15, -0.1) is 0 Å². The van der Waals surface area contributed by atoms with Crippen molar-refractivity contribution in [2.75, 3.05) is 12.4 Å². The zero-order chi connectivity index (χ0) is 15.2. The second-order valence-corrected chi connectivity index (χ2v) is 5.48. The topological polar surface area (TPSA) is 38.3 Å². The summed E-state index contributed by atoms with van der Waals surface area (Å²) in [6.45, 7) is 1.97. The van der Waals surface area contributed by atoms with Gasteiger partial charge in [0.1, 0.15) is 5.75 Å². The lowest BCUT2D eigenvalue weighted by atomic mass is 10.1. The molecule has 0 saturated carbocycles. The molecule has 0 aliphatic carbocycles. The lowest BCUT2D eigenvalue weighted by molar-refractivity contribution is -0.111. The Morgan fingerprint density at radius 3 is 2.71 bits per heavy atom. The average molecular weight is 346 g/mol. The van der Waals surface area contributed by atoms with Crippen molar-refractivity contribution in [3.8, 4) is 5.75 Å². The molecule has 0 spiro atoms. The fourth-order valence-corrected chi connectivity index (χ4v) is 2.33. The number of carbonyl (C=O) groups excluding carboxylic acids is 1. The van der Waals surface area contributed by atoms with Gasteiger partial charge >= 0.3 is 0 Å². The summed E-state index contributed by atoms with van der Waals surface area (Å²) >= 11 is 3.37. The summed E-state index contributed by atoms with van der Waals surface area (Å²) < 4.78 is 6.13. The summed E-state index contributed by atoms with van der Waals surface area (Å²) in [5.41, 5.74) is 2.75. The lowest BCUT2D eigenvalue weighted by Crippen LogP contribution is -2.07. The number of anilines is 1. The van der Waals surface area contributed by atoms with Crippen LogP contribution in [0.1, 0.15) is 11.1 Å². The van der Waals surface area contributed by atoms with E-state index in [4.69, 9.17) is 4.74 Å². The predicted octanol–water partition coefficient (Wildman–Crippen LogP) is 4.42. The molecule has 2 aromatic rings. The highest BCUT2D eigenvalue weighted by Crippen LogP contribution is 2.19. The van der Waals surface area contributed by atoms with E-state index in [2.05, 4.69) is 21.2 Å². The van der Waals surface area contributed by atoms with E-state index in [1.54, 1.807) is 13.2 Å². The number of aryl methyl sites for hydroxylation is 1. The zero-order valence-electron chi connectivity index (χ0n) is 11.9. The van der Waals surface area contributed by atoms with Crippen LogP contribution < -0.4 is 10.1 Å². The number of hydrogen-bond acceptors (Lipinski definition) is 2. The Balaban J connectivity index is 2.03. The normalized spacial score (nSPS) is 10.6. The SMILES string of the molecule is COc1ccc(C=CC(=O)Nc2cccc(Br)c2)cc1C. The Morgan fingerprint density at radius 1 is 1.24 bits per heavy atom. The number of halogens is 1. The van der Waals surface area contributed by atoms with E-state index in [0.717, 1.165) is 27.0 Å². The largest absolute Gasteiger partial charge is 0.496 e. The van der Waals surface area contributed by atoms with E-state index in [1.807, 2.05) is 49.4 Å². The van der Waals surface area contributed by atoms with Crippen molar-refractivity contribution in [2.45, 2.75) is 6.92 Å². The summed E-state index contributed by atoms with van der Waals surface area (Å²) in [6, 6.07) is 13.2. The number of rotatable bonds is 4. The number of carbonyl (C=O) groups is 1. The molecule has 21 heavy (non-hydrogen) atoms. The Morgan fingerprint density at radius 2 is 2.05 bits per heavy atom. The molecule has 4 heteroatoms. The zero-order valence-corrected chi connectivity index (χ0v) is 13.5. The molecular weight excluding hydrogens is 330 g/mol. The van der Waals surface area contributed by atoms with E-state index < -0.39 is 0 Å². The van der Waals surface area contributed by atoms with Crippen LogP contribution in [0.15, 0.2) is 53.0 Å². The van der Waals surface area contributed by atoms with Crippen molar-refractivity contribution in [2.24, 2.45) is 0 Å². The minimum absolute atomic E-state index is 0.165. The average Bonchev–Trinajstić information content (AvgIpc) is 2.45. The van der Waals surface area contributed by atoms with Crippen LogP contribution in [0, 0.1) is 6.92 Å². The molecule has 2 aromatic carbocycles. The Bertz CT molecular complexity index is 680. The maximum absolute atomic E-state index is 11.9. The molecule has 1 N–H and O–H groups in total. The van der Waals surface area contributed by atoms with Crippen LogP contribution in [0.25, 0.3) is 6.08 Å². The predicted molar refractivity (Wildman–Crippen MR) is 89.5 cm³/mol. The van der Waals surface area contributed by atoms with E-state index in [9.17, 15) is 4.79 Å². The molecule has 0 aromatic heterocycles. The maximum atomic E-state index is 11.9. The molecule has 3 nitrogen and oxygen atoms in total. The van der Waals surface area contributed by atoms with Crippen LogP contribution in [-0.2, 0) is 4.79 Å². The smallest absolute Gasteiger partial charge is 0.248 e. The van der Waals surface area contributed by atoms with Crippen LogP contribution in [0.4, 0.5) is 5.69 Å². The molecule has 0 aliphatic rings. The third kappa shape index (κ3) is 4.46. The Labute approximate surface area is 132 Å². The number of methoxy groups -OCH3 is 1. The number of amides is 1. The van der Waals surface area contributed by atoms with Crippen molar-refractivity contribution in [3.63, 3.8) is 0 Å². The van der Waals surface area contributed by atoms with Crippen molar-refractivity contribution >= 4 is 33.6 Å². The number of ether oxygens (including phenoxy) is 1. The van der Waals surface area contributed by atoms with Gasteiger partial charge in [0, 0.05) is 16.2 Å². The van der Waals surface area contributed by atoms with Gasteiger partial charge in [-0.3, -0.25) is 4.79 Å². The first kappa shape index (κ1) is 15.3. The first-order chi connectivity index (χ1) is 10.1. The monoisotopic (exact) mass is 345 g/mol. The molecule has 108 valence electrons. The number of hydrogen-bond donors (Lipinski definition) is 1. The number of nitrogens with one attached hydrogen (secondary N) is 1. The highest BCUT2D eigenvalue weighted by Gasteiger charge is 2.00. The summed E-state index contributed by atoms with van der Waals surface area (Å²) in [5, 5.41) is 2.81. The minimum atomic E-state index is -0.165. The molecule has 2 rings (SSSR count). The fourth-order valence-electron chi connectivity index (χ4n) is 1.93. The van der Waals surface area contributed by atoms with Gasteiger partial charge in [-0.2, -0.15) is 0 Å². The summed E-state index contributed by atoms with van der Waals surface area (Å²) in [7, 11) is 1.64. The van der Waals surface area contributed by atoms with E-state index in [1.165, 1.54) is 6.08 Å². The van der Waals surface area contributed by atoms with Crippen LogP contribution in [0.3, 0.4) is 0 Å². The molecule has 1 amide bonds. The van der Waals surface area contributed by atoms with Crippen molar-refractivity contribution in [1.82, 2.24) is 0 Å². The lowest BCUT2D eigenvalue weighted by Gasteiger charge is -2.05. The minimum Gasteiger partial charge on any atom is -0.496 e. The van der Waals surface area contributed by atoms with Gasteiger partial charge in [0.15, 0.2) is 0 Å². The van der Waals surface area contributed by atoms with E-state index >= 15 is 0 Å². The van der Waals surface area contributed by atoms with Gasteiger partial charge in [0.2, 0.25) is 5.91 Å². The maximum Gasteiger partial charge on any atom is 0.248 e. The first-order valence-corrected chi connectivity index (χ1v) is 7.27. The Hall–Kier alpha value is -2.07. The van der Waals surface area contributed by atoms with Crippen LogP contribution in [0.2, 0.25) is 0 Å². The highest BCUT2D eigenvalue weighted by molar-refractivity contribution is 9.10. The molecule has 0 heterocycles. The van der Waals surface area contributed by atoms with Crippen LogP contribution >= 0.6 is 15.9 Å².